The summed E-state index contributed by atoms with van der Waals surface area (Å²) >= 11 is 0. The van der Waals surface area contributed by atoms with Crippen molar-refractivity contribution >= 4 is 44.2 Å². The number of carbonyl (C=O) groups excluding carboxylic acids is 1. The number of aromatic nitrogens is 2. The van der Waals surface area contributed by atoms with Gasteiger partial charge in [-0.3, -0.25) is 9.52 Å². The van der Waals surface area contributed by atoms with E-state index in [0.29, 0.717) is 42.8 Å². The van der Waals surface area contributed by atoms with Crippen LogP contribution >= 0.6 is 0 Å². The summed E-state index contributed by atoms with van der Waals surface area (Å²) in [5, 5.41) is 5.43. The Morgan fingerprint density at radius 1 is 1.14 bits per heavy atom. The molecule has 2 aromatic heterocycles. The molecule has 1 saturated heterocycles. The molecule has 1 amide bonds. The number of pyridine rings is 1. The number of hydrogen-bond donors (Lipinski definition) is 4. The molecule has 35 heavy (non-hydrogen) atoms. The van der Waals surface area contributed by atoms with Crippen molar-refractivity contribution in [2.75, 3.05) is 55.2 Å². The van der Waals surface area contributed by atoms with E-state index in [4.69, 9.17) is 0 Å². The second-order valence-corrected chi connectivity index (χ2v) is 10.4. The molecule has 1 aliphatic rings. The van der Waals surface area contributed by atoms with Gasteiger partial charge in [0, 0.05) is 69.6 Å². The van der Waals surface area contributed by atoms with Crippen LogP contribution in [0.2, 0.25) is 0 Å². The van der Waals surface area contributed by atoms with Crippen LogP contribution in [0.5, 0.6) is 0 Å². The van der Waals surface area contributed by atoms with Crippen molar-refractivity contribution in [1.29, 1.82) is 0 Å². The van der Waals surface area contributed by atoms with E-state index in [9.17, 15) is 13.2 Å². The molecule has 1 aliphatic heterocycles. The molecule has 1 fully saturated rings. The summed E-state index contributed by atoms with van der Waals surface area (Å²) in [6, 6.07) is 9.29. The molecule has 0 spiro atoms. The van der Waals surface area contributed by atoms with E-state index in [1.165, 1.54) is 5.01 Å². The maximum atomic E-state index is 13.4. The lowest BCUT2D eigenvalue weighted by molar-refractivity contribution is 0.0748. The third-order valence-corrected chi connectivity index (χ3v) is 6.67. The van der Waals surface area contributed by atoms with Crippen LogP contribution in [0.4, 0.5) is 17.2 Å². The maximum Gasteiger partial charge on any atom is 0.312 e. The van der Waals surface area contributed by atoms with Crippen LogP contribution in [0, 0.1) is 0 Å². The number of nitrogens with zero attached hydrogens (tertiary/aromatic N) is 4. The summed E-state index contributed by atoms with van der Waals surface area (Å²) < 4.78 is 26.9. The third kappa shape index (κ3) is 5.84. The van der Waals surface area contributed by atoms with Crippen LogP contribution in [0.1, 0.15) is 24.2 Å². The average Bonchev–Trinajstić information content (AvgIpc) is 3.21. The van der Waals surface area contributed by atoms with Gasteiger partial charge < -0.3 is 20.1 Å². The van der Waals surface area contributed by atoms with Crippen LogP contribution in [-0.4, -0.2) is 80.5 Å². The monoisotopic (exact) mass is 500 g/mol. The minimum Gasteiger partial charge on any atom is -0.380 e. The zero-order valence-electron chi connectivity index (χ0n) is 20.4. The van der Waals surface area contributed by atoms with E-state index in [-0.39, 0.29) is 11.9 Å². The summed E-state index contributed by atoms with van der Waals surface area (Å²) in [4.78, 5) is 27.4. The number of carbonyl (C=O) groups is 1. The lowest BCUT2D eigenvalue weighted by Gasteiger charge is -2.36. The summed E-state index contributed by atoms with van der Waals surface area (Å²) in [6.45, 7) is 6.62. The van der Waals surface area contributed by atoms with E-state index in [1.807, 2.05) is 17.0 Å². The second kappa shape index (κ2) is 10.1. The molecule has 3 heterocycles. The van der Waals surface area contributed by atoms with Gasteiger partial charge in [-0.05, 0) is 44.2 Å². The first-order valence-corrected chi connectivity index (χ1v) is 13.0. The normalized spacial score (nSPS) is 14.7. The van der Waals surface area contributed by atoms with Gasteiger partial charge in [0.2, 0.25) is 0 Å². The number of amides is 1. The number of hydrazine groups is 1. The highest BCUT2D eigenvalue weighted by atomic mass is 32.2. The Labute approximate surface area is 205 Å². The number of aromatic amines is 1. The molecule has 1 aromatic carbocycles. The highest BCUT2D eigenvalue weighted by Crippen LogP contribution is 2.27. The molecule has 0 atom stereocenters. The predicted molar refractivity (Wildman–Crippen MR) is 139 cm³/mol. The van der Waals surface area contributed by atoms with E-state index in [2.05, 4.69) is 43.6 Å². The van der Waals surface area contributed by atoms with Crippen molar-refractivity contribution in [3.63, 3.8) is 0 Å². The van der Waals surface area contributed by atoms with Gasteiger partial charge in [-0.25, -0.2) is 9.99 Å². The maximum absolute atomic E-state index is 13.4. The van der Waals surface area contributed by atoms with E-state index < -0.39 is 10.2 Å². The Bertz CT molecular complexity index is 1300. The number of hydrogen-bond acceptors (Lipinski definition) is 7. The zero-order valence-corrected chi connectivity index (χ0v) is 21.2. The summed E-state index contributed by atoms with van der Waals surface area (Å²) in [7, 11) is -0.611. The van der Waals surface area contributed by atoms with Crippen molar-refractivity contribution in [3.05, 3.63) is 48.3 Å². The fourth-order valence-corrected chi connectivity index (χ4v) is 5.11. The van der Waals surface area contributed by atoms with Gasteiger partial charge in [0.1, 0.15) is 0 Å². The lowest BCUT2D eigenvalue weighted by atomic mass is 10.1. The van der Waals surface area contributed by atoms with Crippen LogP contribution in [0.15, 0.2) is 42.7 Å². The molecule has 0 unspecified atom stereocenters. The molecule has 0 saturated carbocycles. The summed E-state index contributed by atoms with van der Waals surface area (Å²) in [5.41, 5.74) is 2.62. The molecule has 0 radical (unpaired) electrons. The van der Waals surface area contributed by atoms with Crippen molar-refractivity contribution in [2.24, 2.45) is 0 Å². The number of fused-ring (bicyclic) bond motifs is 1. The van der Waals surface area contributed by atoms with Crippen molar-refractivity contribution in [2.45, 2.75) is 19.9 Å². The first-order chi connectivity index (χ1) is 16.6. The summed E-state index contributed by atoms with van der Waals surface area (Å²) in [5.74, 6) is 0.799. The van der Waals surface area contributed by atoms with Crippen LogP contribution < -0.4 is 19.8 Å². The van der Waals surface area contributed by atoms with Gasteiger partial charge >= 0.3 is 10.2 Å². The number of H-pyrrole nitrogens is 1. The lowest BCUT2D eigenvalue weighted by Crippen LogP contribution is -2.49. The van der Waals surface area contributed by atoms with Crippen molar-refractivity contribution in [1.82, 2.24) is 24.7 Å². The largest absolute Gasteiger partial charge is 0.380 e. The number of piperazine rings is 1. The smallest absolute Gasteiger partial charge is 0.312 e. The van der Waals surface area contributed by atoms with Gasteiger partial charge in [-0.1, -0.05) is 0 Å². The van der Waals surface area contributed by atoms with E-state index >= 15 is 0 Å². The standard InChI is InChI=1S/C23H32N8O3S/c1-16(2)26-21-6-5-9-24-22(21)30-10-12-31(13-11-30)23(32)19-15-25-20-8-7-17(14-18(19)20)27-35(33,34)28-29(3)4/h5-9,14-16,25-28H,10-13H2,1-4H3. The van der Waals surface area contributed by atoms with Gasteiger partial charge in [0.15, 0.2) is 5.82 Å². The first kappa shape index (κ1) is 24.8. The Morgan fingerprint density at radius 2 is 1.89 bits per heavy atom. The topological polar surface area (TPSA) is 126 Å². The molecule has 4 N–H and O–H groups in total. The molecule has 188 valence electrons. The van der Waals surface area contributed by atoms with E-state index in [0.717, 1.165) is 17.0 Å². The highest BCUT2D eigenvalue weighted by molar-refractivity contribution is 7.90. The second-order valence-electron chi connectivity index (χ2n) is 9.01. The number of rotatable bonds is 8. The minimum absolute atomic E-state index is 0.0936. The van der Waals surface area contributed by atoms with Gasteiger partial charge in [0.05, 0.1) is 16.9 Å². The fraction of sp³-hybridized carbons (Fsp3) is 0.391. The van der Waals surface area contributed by atoms with Gasteiger partial charge in [0.25, 0.3) is 5.91 Å². The Balaban J connectivity index is 1.48. The van der Waals surface area contributed by atoms with Gasteiger partial charge in [-0.15, -0.1) is 4.83 Å². The van der Waals surface area contributed by atoms with Crippen LogP contribution in [0.3, 0.4) is 0 Å². The number of benzene rings is 1. The Kier molecular flexibility index (Phi) is 7.15. The molecule has 12 heteroatoms. The molecule has 3 aromatic rings. The summed E-state index contributed by atoms with van der Waals surface area (Å²) in [6.07, 6.45) is 3.46. The number of anilines is 3. The van der Waals surface area contributed by atoms with Crippen molar-refractivity contribution in [3.8, 4) is 0 Å². The molecule has 11 nitrogen and oxygen atoms in total. The van der Waals surface area contributed by atoms with Crippen LogP contribution in [-0.2, 0) is 10.2 Å². The average molecular weight is 501 g/mol. The minimum atomic E-state index is -3.78. The number of nitrogens with one attached hydrogen (secondary N) is 4. The Morgan fingerprint density at radius 3 is 2.57 bits per heavy atom. The Hall–Kier alpha value is -3.35. The SMILES string of the molecule is CC(C)Nc1cccnc1N1CCN(C(=O)c2c[nH]c3ccc(NS(=O)(=O)NN(C)C)cc23)CC1. The quantitative estimate of drug-likeness (QED) is 0.349. The van der Waals surface area contributed by atoms with Gasteiger partial charge in [-0.2, -0.15) is 8.42 Å². The molecular formula is C23H32N8O3S. The zero-order chi connectivity index (χ0) is 25.2. The molecule has 0 bridgehead atoms. The van der Waals surface area contributed by atoms with Crippen molar-refractivity contribution < 1.29 is 13.2 Å². The predicted octanol–water partition coefficient (Wildman–Crippen LogP) is 2.07. The first-order valence-electron chi connectivity index (χ1n) is 11.5. The van der Waals surface area contributed by atoms with E-state index in [1.54, 1.807) is 44.7 Å². The fourth-order valence-electron chi connectivity index (χ4n) is 4.14. The van der Waals surface area contributed by atoms with Crippen LogP contribution in [0.25, 0.3) is 10.9 Å². The molecule has 0 aliphatic carbocycles. The highest BCUT2D eigenvalue weighted by Gasteiger charge is 2.26. The molecule has 4 rings (SSSR count). The third-order valence-electron chi connectivity index (χ3n) is 5.56. The molecular weight excluding hydrogens is 468 g/mol.